The predicted octanol–water partition coefficient (Wildman–Crippen LogP) is 1.29. The Bertz CT molecular complexity index is 69.7. The van der Waals surface area contributed by atoms with E-state index in [0.29, 0.717) is 11.8 Å². The molecule has 0 aromatic heterocycles. The van der Waals surface area contributed by atoms with Crippen molar-refractivity contribution in [2.75, 3.05) is 20.3 Å². The van der Waals surface area contributed by atoms with Gasteiger partial charge in [0.05, 0.1) is 0 Å². The molecule has 0 saturated carbocycles. The summed E-state index contributed by atoms with van der Waals surface area (Å²) in [6, 6.07) is 0. The molecular formula is C8H18O2. The maximum Gasteiger partial charge on any atom is 0.0491 e. The van der Waals surface area contributed by atoms with Crippen molar-refractivity contribution in [1.82, 2.24) is 0 Å². The molecule has 0 aliphatic heterocycles. The fourth-order valence-corrected chi connectivity index (χ4v) is 1.11. The van der Waals surface area contributed by atoms with Crippen LogP contribution in [0.3, 0.4) is 0 Å². The molecule has 62 valence electrons. The summed E-state index contributed by atoms with van der Waals surface area (Å²) in [5.74, 6) is 0.875. The van der Waals surface area contributed by atoms with E-state index in [2.05, 4.69) is 13.8 Å². The van der Waals surface area contributed by atoms with Gasteiger partial charge < -0.3 is 9.84 Å². The Kier molecular flexibility index (Phi) is 5.64. The van der Waals surface area contributed by atoms with E-state index in [0.717, 1.165) is 13.0 Å². The largest absolute Gasteiger partial charge is 0.396 e. The third-order valence-corrected chi connectivity index (χ3v) is 1.99. The van der Waals surface area contributed by atoms with Crippen molar-refractivity contribution in [2.45, 2.75) is 20.3 Å². The van der Waals surface area contributed by atoms with Gasteiger partial charge in [0.15, 0.2) is 0 Å². The number of aliphatic hydroxyl groups is 1. The number of rotatable bonds is 5. The zero-order valence-corrected chi connectivity index (χ0v) is 7.13. The third kappa shape index (κ3) is 3.18. The van der Waals surface area contributed by atoms with Crippen molar-refractivity contribution >= 4 is 0 Å². The molecule has 2 heteroatoms. The molecule has 2 atom stereocenters. The van der Waals surface area contributed by atoms with E-state index < -0.39 is 0 Å². The standard InChI is InChI=1S/C8H18O2/c1-4-8(5-9)7(2)6-10-3/h7-9H,4-6H2,1-3H3. The molecule has 0 radical (unpaired) electrons. The summed E-state index contributed by atoms with van der Waals surface area (Å²) < 4.78 is 4.98. The van der Waals surface area contributed by atoms with Crippen LogP contribution in [0.15, 0.2) is 0 Å². The molecule has 0 aliphatic carbocycles. The van der Waals surface area contributed by atoms with Crippen LogP contribution in [-0.4, -0.2) is 25.4 Å². The molecule has 0 fully saturated rings. The van der Waals surface area contributed by atoms with Crippen molar-refractivity contribution in [1.29, 1.82) is 0 Å². The number of hydrogen-bond donors (Lipinski definition) is 1. The summed E-state index contributed by atoms with van der Waals surface area (Å²) >= 11 is 0. The lowest BCUT2D eigenvalue weighted by atomic mass is 9.93. The van der Waals surface area contributed by atoms with Gasteiger partial charge >= 0.3 is 0 Å². The minimum atomic E-state index is 0.279. The van der Waals surface area contributed by atoms with E-state index in [1.54, 1.807) is 7.11 Å². The van der Waals surface area contributed by atoms with Crippen molar-refractivity contribution in [3.8, 4) is 0 Å². The average Bonchev–Trinajstić information content (AvgIpc) is 1.91. The van der Waals surface area contributed by atoms with Gasteiger partial charge in [0.25, 0.3) is 0 Å². The summed E-state index contributed by atoms with van der Waals surface area (Å²) in [7, 11) is 1.70. The number of aliphatic hydroxyl groups excluding tert-OH is 1. The number of methoxy groups -OCH3 is 1. The Morgan fingerprint density at radius 1 is 1.50 bits per heavy atom. The van der Waals surface area contributed by atoms with E-state index in [1.807, 2.05) is 0 Å². The molecule has 0 heterocycles. The second-order valence-corrected chi connectivity index (χ2v) is 2.78. The normalized spacial score (nSPS) is 16.8. The summed E-state index contributed by atoms with van der Waals surface area (Å²) in [5.41, 5.74) is 0. The molecule has 1 N–H and O–H groups in total. The molecule has 0 rings (SSSR count). The molecule has 0 aromatic rings. The Labute approximate surface area is 63.2 Å². The first kappa shape index (κ1) is 9.92. The highest BCUT2D eigenvalue weighted by Gasteiger charge is 2.13. The van der Waals surface area contributed by atoms with Gasteiger partial charge in [0, 0.05) is 20.3 Å². The van der Waals surface area contributed by atoms with Gasteiger partial charge in [-0.05, 0) is 11.8 Å². The molecule has 0 saturated heterocycles. The molecule has 0 bridgehead atoms. The molecule has 0 aromatic carbocycles. The van der Waals surface area contributed by atoms with Crippen LogP contribution in [0, 0.1) is 11.8 Å². The first-order valence-electron chi connectivity index (χ1n) is 3.86. The van der Waals surface area contributed by atoms with Crippen LogP contribution in [0.25, 0.3) is 0 Å². The Morgan fingerprint density at radius 3 is 2.40 bits per heavy atom. The van der Waals surface area contributed by atoms with E-state index >= 15 is 0 Å². The third-order valence-electron chi connectivity index (χ3n) is 1.99. The van der Waals surface area contributed by atoms with Gasteiger partial charge in [-0.25, -0.2) is 0 Å². The fourth-order valence-electron chi connectivity index (χ4n) is 1.11. The lowest BCUT2D eigenvalue weighted by Crippen LogP contribution is -2.19. The van der Waals surface area contributed by atoms with Gasteiger partial charge in [0.1, 0.15) is 0 Å². The summed E-state index contributed by atoms with van der Waals surface area (Å²) in [6.07, 6.45) is 1.03. The Balaban J connectivity index is 3.53. The maximum atomic E-state index is 8.87. The summed E-state index contributed by atoms with van der Waals surface area (Å²) in [5, 5.41) is 8.87. The minimum absolute atomic E-state index is 0.279. The first-order chi connectivity index (χ1) is 4.76. The Morgan fingerprint density at radius 2 is 2.10 bits per heavy atom. The number of ether oxygens (including phenoxy) is 1. The van der Waals surface area contributed by atoms with Crippen LogP contribution < -0.4 is 0 Å². The van der Waals surface area contributed by atoms with Crippen LogP contribution in [0.1, 0.15) is 20.3 Å². The molecule has 2 nitrogen and oxygen atoms in total. The van der Waals surface area contributed by atoms with Crippen molar-refractivity contribution < 1.29 is 9.84 Å². The zero-order valence-electron chi connectivity index (χ0n) is 7.13. The summed E-state index contributed by atoms with van der Waals surface area (Å²) in [6.45, 7) is 5.22. The van der Waals surface area contributed by atoms with Crippen molar-refractivity contribution in [3.63, 3.8) is 0 Å². The first-order valence-corrected chi connectivity index (χ1v) is 3.86. The summed E-state index contributed by atoms with van der Waals surface area (Å²) in [4.78, 5) is 0. The average molecular weight is 146 g/mol. The molecule has 0 amide bonds. The number of hydrogen-bond acceptors (Lipinski definition) is 2. The molecule has 10 heavy (non-hydrogen) atoms. The highest BCUT2D eigenvalue weighted by molar-refractivity contribution is 4.62. The van der Waals surface area contributed by atoms with Gasteiger partial charge in [-0.3, -0.25) is 0 Å². The quantitative estimate of drug-likeness (QED) is 0.633. The van der Waals surface area contributed by atoms with Crippen LogP contribution in [0.5, 0.6) is 0 Å². The fraction of sp³-hybridized carbons (Fsp3) is 1.00. The lowest BCUT2D eigenvalue weighted by Gasteiger charge is -2.18. The minimum Gasteiger partial charge on any atom is -0.396 e. The van der Waals surface area contributed by atoms with Crippen molar-refractivity contribution in [2.24, 2.45) is 11.8 Å². The molecule has 2 unspecified atom stereocenters. The predicted molar refractivity (Wildman–Crippen MR) is 41.9 cm³/mol. The monoisotopic (exact) mass is 146 g/mol. The lowest BCUT2D eigenvalue weighted by molar-refractivity contribution is 0.0965. The molecular weight excluding hydrogens is 128 g/mol. The van der Waals surface area contributed by atoms with Crippen molar-refractivity contribution in [3.05, 3.63) is 0 Å². The SMILES string of the molecule is CCC(CO)C(C)COC. The zero-order chi connectivity index (χ0) is 7.98. The van der Waals surface area contributed by atoms with E-state index in [4.69, 9.17) is 9.84 Å². The second-order valence-electron chi connectivity index (χ2n) is 2.78. The van der Waals surface area contributed by atoms with E-state index in [1.165, 1.54) is 0 Å². The highest BCUT2D eigenvalue weighted by Crippen LogP contribution is 2.14. The van der Waals surface area contributed by atoms with Crippen LogP contribution in [-0.2, 0) is 4.74 Å². The van der Waals surface area contributed by atoms with E-state index in [9.17, 15) is 0 Å². The molecule has 0 spiro atoms. The highest BCUT2D eigenvalue weighted by atomic mass is 16.5. The van der Waals surface area contributed by atoms with Gasteiger partial charge in [-0.15, -0.1) is 0 Å². The Hall–Kier alpha value is -0.0800. The van der Waals surface area contributed by atoms with Crippen LogP contribution in [0.4, 0.5) is 0 Å². The van der Waals surface area contributed by atoms with Gasteiger partial charge in [0.2, 0.25) is 0 Å². The van der Waals surface area contributed by atoms with Gasteiger partial charge in [-0.2, -0.15) is 0 Å². The van der Waals surface area contributed by atoms with Crippen LogP contribution >= 0.6 is 0 Å². The second kappa shape index (κ2) is 5.69. The smallest absolute Gasteiger partial charge is 0.0491 e. The molecule has 0 aliphatic rings. The maximum absolute atomic E-state index is 8.87. The van der Waals surface area contributed by atoms with Crippen LogP contribution in [0.2, 0.25) is 0 Å². The van der Waals surface area contributed by atoms with E-state index in [-0.39, 0.29) is 6.61 Å². The topological polar surface area (TPSA) is 29.5 Å². The van der Waals surface area contributed by atoms with Gasteiger partial charge in [-0.1, -0.05) is 20.3 Å².